The Morgan fingerprint density at radius 3 is 2.53 bits per heavy atom. The number of hydrogen-bond acceptors (Lipinski definition) is 6. The maximum absolute atomic E-state index is 13.2. The van der Waals surface area contributed by atoms with Gasteiger partial charge in [0.15, 0.2) is 0 Å². The summed E-state index contributed by atoms with van der Waals surface area (Å²) in [6.07, 6.45) is 2.99. The number of fused-ring (bicyclic) bond motifs is 4. The molecule has 1 amide bonds. The number of hydrogen-bond donors (Lipinski definition) is 0. The molecule has 2 aliphatic heterocycles. The molecule has 2 bridgehead atoms. The van der Waals surface area contributed by atoms with Crippen molar-refractivity contribution >= 4 is 35.4 Å². The molecule has 1 fully saturated rings. The Morgan fingerprint density at radius 1 is 1.07 bits per heavy atom. The summed E-state index contributed by atoms with van der Waals surface area (Å²) in [5.74, 6) is -0.865. The predicted molar refractivity (Wildman–Crippen MR) is 118 cm³/mol. The number of benzene rings is 1. The minimum absolute atomic E-state index is 0.0309. The van der Waals surface area contributed by atoms with Crippen LogP contribution in [0.15, 0.2) is 46.1 Å². The second-order valence-electron chi connectivity index (χ2n) is 7.78. The molecule has 4 rings (SSSR count). The van der Waals surface area contributed by atoms with Gasteiger partial charge in [-0.05, 0) is 48.4 Å². The lowest BCUT2D eigenvalue weighted by Crippen LogP contribution is -2.49. The summed E-state index contributed by atoms with van der Waals surface area (Å²) in [6, 6.07) is 12.0. The molecule has 0 radical (unpaired) electrons. The average Bonchev–Trinajstić information content (AvgIpc) is 2.74. The van der Waals surface area contributed by atoms with Gasteiger partial charge in [-0.15, -0.1) is 23.5 Å². The van der Waals surface area contributed by atoms with E-state index in [1.165, 1.54) is 0 Å². The molecule has 1 saturated heterocycles. The molecule has 0 spiro atoms. The van der Waals surface area contributed by atoms with Crippen LogP contribution in [0.4, 0.5) is 0 Å². The Balaban J connectivity index is 1.54. The van der Waals surface area contributed by atoms with Gasteiger partial charge in [0.2, 0.25) is 5.91 Å². The molecular weight excluding hydrogens is 420 g/mol. The lowest BCUT2D eigenvalue weighted by Gasteiger charge is -2.43. The third-order valence-electron chi connectivity index (χ3n) is 5.80. The highest BCUT2D eigenvalue weighted by atomic mass is 32.2. The number of carboxylic acid groups (broad SMARTS) is 1. The van der Waals surface area contributed by atoms with Crippen molar-refractivity contribution < 1.29 is 14.7 Å². The van der Waals surface area contributed by atoms with Crippen LogP contribution in [0.2, 0.25) is 0 Å². The maximum atomic E-state index is 13.2. The lowest BCUT2D eigenvalue weighted by molar-refractivity contribution is -0.301. The van der Waals surface area contributed by atoms with Crippen molar-refractivity contribution in [1.29, 1.82) is 0 Å². The first kappa shape index (κ1) is 21.1. The highest BCUT2D eigenvalue weighted by Gasteiger charge is 2.36. The van der Waals surface area contributed by atoms with Gasteiger partial charge in [-0.25, -0.2) is 0 Å². The molecular formula is C22H23N2O4S2-. The van der Waals surface area contributed by atoms with Crippen molar-refractivity contribution in [1.82, 2.24) is 9.47 Å². The van der Waals surface area contributed by atoms with Crippen molar-refractivity contribution in [2.45, 2.75) is 23.8 Å². The van der Waals surface area contributed by atoms with Gasteiger partial charge in [-0.3, -0.25) is 9.59 Å². The molecule has 1 aromatic heterocycles. The largest absolute Gasteiger partial charge is 0.549 e. The Kier molecular flexibility index (Phi) is 6.24. The average molecular weight is 444 g/mol. The number of carbonyl (C=O) groups is 2. The first-order chi connectivity index (χ1) is 14.5. The zero-order valence-electron chi connectivity index (χ0n) is 16.7. The van der Waals surface area contributed by atoms with Gasteiger partial charge in [0.25, 0.3) is 5.56 Å². The van der Waals surface area contributed by atoms with Crippen LogP contribution in [0.25, 0.3) is 11.1 Å². The molecule has 0 aliphatic carbocycles. The van der Waals surface area contributed by atoms with Crippen molar-refractivity contribution in [3.05, 3.63) is 52.4 Å². The zero-order valence-corrected chi connectivity index (χ0v) is 18.3. The molecule has 3 heterocycles. The van der Waals surface area contributed by atoms with Gasteiger partial charge in [0, 0.05) is 47.5 Å². The molecule has 0 unspecified atom stereocenters. The number of rotatable bonds is 6. The summed E-state index contributed by atoms with van der Waals surface area (Å²) in [4.78, 5) is 39.3. The second kappa shape index (κ2) is 8.89. The third kappa shape index (κ3) is 4.30. The maximum Gasteiger partial charge on any atom is 0.258 e. The van der Waals surface area contributed by atoms with Crippen LogP contribution in [0.1, 0.15) is 18.0 Å². The quantitative estimate of drug-likeness (QED) is 0.632. The number of piperidine rings is 1. The van der Waals surface area contributed by atoms with Crippen molar-refractivity contribution in [2.24, 2.45) is 5.92 Å². The van der Waals surface area contributed by atoms with Crippen molar-refractivity contribution in [3.63, 3.8) is 0 Å². The van der Waals surface area contributed by atoms with Crippen molar-refractivity contribution in [2.75, 3.05) is 30.9 Å². The number of pyridine rings is 1. The van der Waals surface area contributed by atoms with E-state index in [-0.39, 0.29) is 34.8 Å². The molecule has 0 saturated carbocycles. The molecule has 2 atom stereocenters. The molecule has 158 valence electrons. The van der Waals surface area contributed by atoms with Crippen LogP contribution in [-0.4, -0.2) is 52.2 Å². The van der Waals surface area contributed by atoms with Crippen LogP contribution >= 0.6 is 23.5 Å². The molecule has 8 heteroatoms. The number of aromatic nitrogens is 1. The molecule has 2 aromatic rings. The predicted octanol–water partition coefficient (Wildman–Crippen LogP) is 1.67. The van der Waals surface area contributed by atoms with E-state index in [4.69, 9.17) is 0 Å². The number of carboxylic acids is 1. The van der Waals surface area contributed by atoms with Crippen LogP contribution in [0.5, 0.6) is 0 Å². The van der Waals surface area contributed by atoms with Crippen LogP contribution in [0, 0.1) is 5.92 Å². The summed E-state index contributed by atoms with van der Waals surface area (Å²) in [5, 5.41) is 10.6. The Bertz CT molecular complexity index is 1020. The Hall–Kier alpha value is -2.19. The van der Waals surface area contributed by atoms with E-state index < -0.39 is 5.97 Å². The normalized spacial score (nSPS) is 20.0. The molecule has 0 N–H and O–H groups in total. The first-order valence-electron chi connectivity index (χ1n) is 9.89. The summed E-state index contributed by atoms with van der Waals surface area (Å²) in [6.45, 7) is 1.79. The van der Waals surface area contributed by atoms with Crippen LogP contribution in [-0.2, 0) is 16.1 Å². The summed E-state index contributed by atoms with van der Waals surface area (Å²) in [5.41, 5.74) is 2.65. The Labute approximate surface area is 183 Å². The summed E-state index contributed by atoms with van der Waals surface area (Å²) >= 11 is 2.74. The molecule has 2 aliphatic rings. The van der Waals surface area contributed by atoms with E-state index in [1.807, 2.05) is 52.1 Å². The van der Waals surface area contributed by atoms with Gasteiger partial charge in [-0.1, -0.05) is 12.1 Å². The SMILES string of the molecule is CSc1ccc(-c2ccc3n(c2=O)C[C@H]2C[C@@H]3CN(C(=O)CSCC(=O)[O-])C2)cc1. The van der Waals surface area contributed by atoms with E-state index in [2.05, 4.69) is 0 Å². The van der Waals surface area contributed by atoms with E-state index >= 15 is 0 Å². The fraction of sp³-hybridized carbons (Fsp3) is 0.409. The van der Waals surface area contributed by atoms with E-state index in [0.29, 0.717) is 25.2 Å². The third-order valence-corrected chi connectivity index (χ3v) is 7.44. The first-order valence-corrected chi connectivity index (χ1v) is 12.3. The number of aliphatic carboxylic acids is 1. The van der Waals surface area contributed by atoms with E-state index in [0.717, 1.165) is 34.3 Å². The van der Waals surface area contributed by atoms with Gasteiger partial charge in [0.1, 0.15) is 0 Å². The molecule has 1 aromatic carbocycles. The number of carbonyl (C=O) groups excluding carboxylic acids is 2. The van der Waals surface area contributed by atoms with Gasteiger partial charge in [0.05, 0.1) is 11.7 Å². The summed E-state index contributed by atoms with van der Waals surface area (Å²) < 4.78 is 1.89. The Morgan fingerprint density at radius 2 is 1.83 bits per heavy atom. The van der Waals surface area contributed by atoms with E-state index in [1.54, 1.807) is 11.8 Å². The van der Waals surface area contributed by atoms with Crippen molar-refractivity contribution in [3.8, 4) is 11.1 Å². The highest BCUT2D eigenvalue weighted by molar-refractivity contribution is 8.00. The van der Waals surface area contributed by atoms with Gasteiger partial charge < -0.3 is 19.4 Å². The number of nitrogens with zero attached hydrogens (tertiary/aromatic N) is 2. The van der Waals surface area contributed by atoms with Gasteiger partial charge in [-0.2, -0.15) is 0 Å². The number of thioether (sulfide) groups is 2. The lowest BCUT2D eigenvalue weighted by atomic mass is 9.82. The second-order valence-corrected chi connectivity index (χ2v) is 9.64. The highest BCUT2D eigenvalue weighted by Crippen LogP contribution is 2.36. The minimum atomic E-state index is -1.16. The van der Waals surface area contributed by atoms with E-state index in [9.17, 15) is 19.5 Å². The summed E-state index contributed by atoms with van der Waals surface area (Å²) in [7, 11) is 0. The van der Waals surface area contributed by atoms with Crippen LogP contribution in [0.3, 0.4) is 0 Å². The monoisotopic (exact) mass is 443 g/mol. The smallest absolute Gasteiger partial charge is 0.258 e. The molecule has 30 heavy (non-hydrogen) atoms. The van der Waals surface area contributed by atoms with Gasteiger partial charge >= 0.3 is 0 Å². The topological polar surface area (TPSA) is 82.4 Å². The number of likely N-dealkylation sites (tertiary alicyclic amines) is 1. The number of amides is 1. The fourth-order valence-electron chi connectivity index (χ4n) is 4.45. The molecule has 6 nitrogen and oxygen atoms in total. The minimum Gasteiger partial charge on any atom is -0.549 e. The standard InChI is InChI=1S/C22H24N2O4S2/c1-29-17-4-2-15(3-5-17)18-6-7-19-16-8-14(10-24(19)22(18)28)9-23(11-16)20(25)12-30-13-21(26)27/h2-7,14,16H,8-13H2,1H3,(H,26,27)/p-1/t14-,16+/m0/s1. The van der Waals surface area contributed by atoms with Crippen LogP contribution < -0.4 is 10.7 Å². The fourth-order valence-corrected chi connectivity index (χ4v) is 5.49. The zero-order chi connectivity index (χ0) is 21.3.